The molecule has 0 heterocycles. The van der Waals surface area contributed by atoms with E-state index < -0.39 is 0 Å². The fraction of sp³-hybridized carbons (Fsp3) is 0.235. The van der Waals surface area contributed by atoms with Crippen LogP contribution in [0.2, 0.25) is 0 Å². The Balaban J connectivity index is 2.30. The molecule has 21 heavy (non-hydrogen) atoms. The summed E-state index contributed by atoms with van der Waals surface area (Å²) in [5, 5.41) is 6.08. The fourth-order valence-electron chi connectivity index (χ4n) is 2.17. The van der Waals surface area contributed by atoms with Gasteiger partial charge in [-0.1, -0.05) is 17.7 Å². The van der Waals surface area contributed by atoms with Crippen LogP contribution in [0.3, 0.4) is 0 Å². The molecule has 0 spiro atoms. The number of anilines is 3. The lowest BCUT2D eigenvalue weighted by Gasteiger charge is -2.13. The Morgan fingerprint density at radius 3 is 2.52 bits per heavy atom. The van der Waals surface area contributed by atoms with Crippen molar-refractivity contribution in [3.05, 3.63) is 53.1 Å². The maximum Gasteiger partial charge on any atom is 0.251 e. The van der Waals surface area contributed by atoms with Crippen molar-refractivity contribution < 1.29 is 4.79 Å². The van der Waals surface area contributed by atoms with Gasteiger partial charge in [0.05, 0.1) is 11.4 Å². The summed E-state index contributed by atoms with van der Waals surface area (Å²) in [5.41, 5.74) is 11.3. The molecule has 0 saturated heterocycles. The molecular weight excluding hydrogens is 262 g/mol. The number of rotatable bonds is 4. The number of benzene rings is 2. The van der Waals surface area contributed by atoms with Gasteiger partial charge in [0.2, 0.25) is 0 Å². The Kier molecular flexibility index (Phi) is 4.48. The third-order valence-corrected chi connectivity index (χ3v) is 3.30. The Labute approximate surface area is 125 Å². The summed E-state index contributed by atoms with van der Waals surface area (Å²) in [5.74, 6) is -0.0961. The minimum Gasteiger partial charge on any atom is -0.397 e. The van der Waals surface area contributed by atoms with Gasteiger partial charge in [-0.25, -0.2) is 0 Å². The second kappa shape index (κ2) is 6.31. The van der Waals surface area contributed by atoms with Crippen LogP contribution < -0.4 is 16.4 Å². The molecule has 0 aromatic heterocycles. The molecule has 1 amide bonds. The monoisotopic (exact) mass is 283 g/mol. The molecule has 0 saturated carbocycles. The summed E-state index contributed by atoms with van der Waals surface area (Å²) >= 11 is 0. The van der Waals surface area contributed by atoms with Crippen LogP contribution in [0, 0.1) is 13.8 Å². The van der Waals surface area contributed by atoms with E-state index in [1.807, 2.05) is 26.0 Å². The SMILES string of the molecule is CCNC(=O)c1ccc(N)c(Nc2ccc(C)cc2C)c1. The first-order valence-corrected chi connectivity index (χ1v) is 7.03. The van der Waals surface area contributed by atoms with E-state index >= 15 is 0 Å². The Hall–Kier alpha value is -2.49. The molecule has 0 radical (unpaired) electrons. The molecule has 0 atom stereocenters. The second-order valence-electron chi connectivity index (χ2n) is 5.10. The van der Waals surface area contributed by atoms with Crippen molar-refractivity contribution >= 4 is 23.0 Å². The highest BCUT2D eigenvalue weighted by atomic mass is 16.1. The molecule has 0 bridgehead atoms. The highest BCUT2D eigenvalue weighted by molar-refractivity contribution is 5.96. The summed E-state index contributed by atoms with van der Waals surface area (Å²) in [6.07, 6.45) is 0. The van der Waals surface area contributed by atoms with Crippen molar-refractivity contribution in [2.75, 3.05) is 17.6 Å². The van der Waals surface area contributed by atoms with Crippen LogP contribution in [-0.2, 0) is 0 Å². The van der Waals surface area contributed by atoms with Gasteiger partial charge >= 0.3 is 0 Å². The highest BCUT2D eigenvalue weighted by Gasteiger charge is 2.08. The first-order chi connectivity index (χ1) is 10.0. The van der Waals surface area contributed by atoms with Gasteiger partial charge in [0.25, 0.3) is 5.91 Å². The predicted molar refractivity (Wildman–Crippen MR) is 88.1 cm³/mol. The molecule has 4 nitrogen and oxygen atoms in total. The van der Waals surface area contributed by atoms with Gasteiger partial charge in [-0.2, -0.15) is 0 Å². The summed E-state index contributed by atoms with van der Waals surface area (Å²) in [6, 6.07) is 11.4. The average molecular weight is 283 g/mol. The fourth-order valence-corrected chi connectivity index (χ4v) is 2.17. The molecular formula is C17H21N3O. The minimum absolute atomic E-state index is 0.0961. The van der Waals surface area contributed by atoms with Crippen LogP contribution in [0.1, 0.15) is 28.4 Å². The van der Waals surface area contributed by atoms with E-state index in [0.29, 0.717) is 17.8 Å². The normalized spacial score (nSPS) is 10.2. The van der Waals surface area contributed by atoms with Crippen LogP contribution in [0.15, 0.2) is 36.4 Å². The molecule has 2 rings (SSSR count). The largest absolute Gasteiger partial charge is 0.397 e. The molecule has 2 aromatic carbocycles. The first-order valence-electron chi connectivity index (χ1n) is 7.03. The highest BCUT2D eigenvalue weighted by Crippen LogP contribution is 2.26. The molecule has 4 heteroatoms. The van der Waals surface area contributed by atoms with Crippen molar-refractivity contribution in [1.29, 1.82) is 0 Å². The zero-order valence-electron chi connectivity index (χ0n) is 12.7. The quantitative estimate of drug-likeness (QED) is 0.754. The molecule has 110 valence electrons. The Bertz CT molecular complexity index is 665. The zero-order chi connectivity index (χ0) is 15.4. The summed E-state index contributed by atoms with van der Waals surface area (Å²) in [7, 11) is 0. The number of nitrogens with one attached hydrogen (secondary N) is 2. The molecule has 4 N–H and O–H groups in total. The van der Waals surface area contributed by atoms with Gasteiger partial charge in [0.1, 0.15) is 0 Å². The maximum atomic E-state index is 11.9. The minimum atomic E-state index is -0.0961. The zero-order valence-corrected chi connectivity index (χ0v) is 12.7. The standard InChI is InChI=1S/C17H21N3O/c1-4-19-17(21)13-6-7-14(18)16(10-13)20-15-8-5-11(2)9-12(15)3/h5-10,20H,4,18H2,1-3H3,(H,19,21). The van der Waals surface area contributed by atoms with Crippen molar-refractivity contribution in [3.63, 3.8) is 0 Å². The van der Waals surface area contributed by atoms with Crippen LogP contribution in [-0.4, -0.2) is 12.5 Å². The molecule has 2 aromatic rings. The van der Waals surface area contributed by atoms with Crippen LogP contribution in [0.4, 0.5) is 17.1 Å². The number of aryl methyl sites for hydroxylation is 2. The summed E-state index contributed by atoms with van der Waals surface area (Å²) < 4.78 is 0. The van der Waals surface area contributed by atoms with Crippen molar-refractivity contribution in [2.24, 2.45) is 0 Å². The van der Waals surface area contributed by atoms with Gasteiger partial charge in [-0.3, -0.25) is 4.79 Å². The van der Waals surface area contributed by atoms with E-state index in [9.17, 15) is 4.79 Å². The number of nitrogens with two attached hydrogens (primary N) is 1. The number of carbonyl (C=O) groups excluding carboxylic acids is 1. The number of hydrogen-bond acceptors (Lipinski definition) is 3. The first kappa shape index (κ1) is 14.9. The number of carbonyl (C=O) groups is 1. The number of nitrogen functional groups attached to an aromatic ring is 1. The lowest BCUT2D eigenvalue weighted by Crippen LogP contribution is -2.22. The van der Waals surface area contributed by atoms with E-state index in [0.717, 1.165) is 16.9 Å². The van der Waals surface area contributed by atoms with E-state index in [4.69, 9.17) is 5.73 Å². The Morgan fingerprint density at radius 2 is 1.86 bits per heavy atom. The van der Waals surface area contributed by atoms with Gasteiger partial charge in [-0.15, -0.1) is 0 Å². The third kappa shape index (κ3) is 3.54. The summed E-state index contributed by atoms with van der Waals surface area (Å²) in [4.78, 5) is 11.9. The van der Waals surface area contributed by atoms with Crippen LogP contribution in [0.5, 0.6) is 0 Å². The van der Waals surface area contributed by atoms with Gasteiger partial charge in [0, 0.05) is 17.8 Å². The predicted octanol–water partition coefficient (Wildman–Crippen LogP) is 3.38. The summed E-state index contributed by atoms with van der Waals surface area (Å²) in [6.45, 7) is 6.59. The van der Waals surface area contributed by atoms with Crippen molar-refractivity contribution in [1.82, 2.24) is 5.32 Å². The molecule has 0 fully saturated rings. The topological polar surface area (TPSA) is 67.2 Å². The molecule has 0 aliphatic heterocycles. The van der Waals surface area contributed by atoms with E-state index in [2.05, 4.69) is 23.6 Å². The van der Waals surface area contributed by atoms with E-state index in [-0.39, 0.29) is 5.91 Å². The lowest BCUT2D eigenvalue weighted by molar-refractivity contribution is 0.0956. The van der Waals surface area contributed by atoms with Gasteiger partial charge in [-0.05, 0) is 50.6 Å². The molecule has 0 aliphatic carbocycles. The Morgan fingerprint density at radius 1 is 1.10 bits per heavy atom. The van der Waals surface area contributed by atoms with Crippen LogP contribution >= 0.6 is 0 Å². The third-order valence-electron chi connectivity index (χ3n) is 3.30. The second-order valence-corrected chi connectivity index (χ2v) is 5.10. The average Bonchev–Trinajstić information content (AvgIpc) is 2.44. The van der Waals surface area contributed by atoms with Crippen molar-refractivity contribution in [2.45, 2.75) is 20.8 Å². The molecule has 0 unspecified atom stereocenters. The van der Waals surface area contributed by atoms with Crippen LogP contribution in [0.25, 0.3) is 0 Å². The number of hydrogen-bond donors (Lipinski definition) is 3. The lowest BCUT2D eigenvalue weighted by atomic mass is 10.1. The number of amides is 1. The van der Waals surface area contributed by atoms with E-state index in [1.165, 1.54) is 5.56 Å². The van der Waals surface area contributed by atoms with Gasteiger partial charge in [0.15, 0.2) is 0 Å². The smallest absolute Gasteiger partial charge is 0.251 e. The maximum absolute atomic E-state index is 11.9. The molecule has 0 aliphatic rings. The van der Waals surface area contributed by atoms with Crippen molar-refractivity contribution in [3.8, 4) is 0 Å². The van der Waals surface area contributed by atoms with E-state index in [1.54, 1.807) is 18.2 Å². The van der Waals surface area contributed by atoms with Gasteiger partial charge < -0.3 is 16.4 Å².